The summed E-state index contributed by atoms with van der Waals surface area (Å²) in [5, 5.41) is 1.88. The molecule has 1 N–H and O–H groups in total. The Kier molecular flexibility index (Phi) is 4.63. The smallest absolute Gasteiger partial charge is 0.345 e. The second-order valence-corrected chi connectivity index (χ2v) is 5.22. The molecule has 124 valence electrons. The van der Waals surface area contributed by atoms with Crippen molar-refractivity contribution in [2.45, 2.75) is 25.6 Å². The predicted octanol–water partition coefficient (Wildman–Crippen LogP) is 1.79. The second-order valence-electron chi connectivity index (χ2n) is 5.22. The van der Waals surface area contributed by atoms with E-state index in [4.69, 9.17) is 0 Å². The SMILES string of the molecule is C[C@@H](Cc1cc(=O)n(-c2ccccc2)n1C)NC(=O)C(F)(F)F. The number of alkyl halides is 3. The number of hydrogen-bond acceptors (Lipinski definition) is 2. The first-order valence-corrected chi connectivity index (χ1v) is 6.91. The lowest BCUT2D eigenvalue weighted by atomic mass is 10.2. The zero-order chi connectivity index (χ0) is 17.2. The summed E-state index contributed by atoms with van der Waals surface area (Å²) in [5.41, 5.74) is 0.884. The number of aromatic nitrogens is 2. The normalized spacial score (nSPS) is 12.9. The fraction of sp³-hybridized carbons (Fsp3) is 0.333. The molecule has 1 aromatic carbocycles. The lowest BCUT2D eigenvalue weighted by molar-refractivity contribution is -0.174. The Morgan fingerprint density at radius 3 is 2.43 bits per heavy atom. The van der Waals surface area contributed by atoms with Crippen LogP contribution in [0.1, 0.15) is 12.6 Å². The van der Waals surface area contributed by atoms with Gasteiger partial charge in [-0.05, 0) is 19.1 Å². The van der Waals surface area contributed by atoms with E-state index in [0.29, 0.717) is 11.4 Å². The topological polar surface area (TPSA) is 56.0 Å². The van der Waals surface area contributed by atoms with Crippen LogP contribution in [-0.2, 0) is 18.3 Å². The van der Waals surface area contributed by atoms with Crippen molar-refractivity contribution in [1.29, 1.82) is 0 Å². The summed E-state index contributed by atoms with van der Waals surface area (Å²) in [6, 6.07) is 9.46. The number of para-hydroxylation sites is 1. The molecule has 0 aliphatic rings. The lowest BCUT2D eigenvalue weighted by Crippen LogP contribution is -2.42. The molecule has 1 heterocycles. The van der Waals surface area contributed by atoms with Crippen LogP contribution in [0.25, 0.3) is 5.69 Å². The van der Waals surface area contributed by atoms with Crippen LogP contribution >= 0.6 is 0 Å². The summed E-state index contributed by atoms with van der Waals surface area (Å²) in [5.74, 6) is -1.99. The zero-order valence-corrected chi connectivity index (χ0v) is 12.6. The molecule has 2 rings (SSSR count). The first kappa shape index (κ1) is 16.9. The number of halogens is 3. The maximum Gasteiger partial charge on any atom is 0.471 e. The van der Waals surface area contributed by atoms with Crippen LogP contribution in [0.15, 0.2) is 41.2 Å². The number of nitrogens with zero attached hydrogens (tertiary/aromatic N) is 2. The third-order valence-corrected chi connectivity index (χ3v) is 3.37. The molecule has 1 atom stereocenters. The summed E-state index contributed by atoms with van der Waals surface area (Å²) in [6.45, 7) is 1.45. The number of carbonyl (C=O) groups excluding carboxylic acids is 1. The highest BCUT2D eigenvalue weighted by Crippen LogP contribution is 2.15. The van der Waals surface area contributed by atoms with E-state index in [1.807, 2.05) is 11.4 Å². The van der Waals surface area contributed by atoms with E-state index in [1.54, 1.807) is 36.0 Å². The fourth-order valence-corrected chi connectivity index (χ4v) is 2.30. The fourth-order valence-electron chi connectivity index (χ4n) is 2.30. The molecule has 23 heavy (non-hydrogen) atoms. The Bertz CT molecular complexity index is 748. The molecule has 2 aromatic rings. The van der Waals surface area contributed by atoms with Crippen LogP contribution in [-0.4, -0.2) is 27.5 Å². The number of amides is 1. The van der Waals surface area contributed by atoms with E-state index in [0.717, 1.165) is 0 Å². The van der Waals surface area contributed by atoms with Crippen LogP contribution < -0.4 is 10.9 Å². The van der Waals surface area contributed by atoms with Crippen LogP contribution in [0.4, 0.5) is 13.2 Å². The minimum atomic E-state index is -4.92. The van der Waals surface area contributed by atoms with Gasteiger partial charge in [0.05, 0.1) is 5.69 Å². The molecule has 0 aliphatic heterocycles. The number of carbonyl (C=O) groups is 1. The van der Waals surface area contributed by atoms with Gasteiger partial charge in [-0.25, -0.2) is 4.68 Å². The molecule has 0 bridgehead atoms. The summed E-state index contributed by atoms with van der Waals surface area (Å²) in [7, 11) is 1.64. The van der Waals surface area contributed by atoms with Crippen LogP contribution in [0.3, 0.4) is 0 Å². The molecule has 0 aliphatic carbocycles. The average molecular weight is 327 g/mol. The minimum Gasteiger partial charge on any atom is -0.345 e. The van der Waals surface area contributed by atoms with Gasteiger partial charge in [-0.3, -0.25) is 14.3 Å². The van der Waals surface area contributed by atoms with Crippen molar-refractivity contribution in [3.05, 3.63) is 52.4 Å². The third-order valence-electron chi connectivity index (χ3n) is 3.37. The predicted molar refractivity (Wildman–Crippen MR) is 78.4 cm³/mol. The summed E-state index contributed by atoms with van der Waals surface area (Å²) < 4.78 is 39.7. The van der Waals surface area contributed by atoms with Crippen molar-refractivity contribution in [2.75, 3.05) is 0 Å². The van der Waals surface area contributed by atoms with Crippen molar-refractivity contribution >= 4 is 5.91 Å². The average Bonchev–Trinajstić information content (AvgIpc) is 2.73. The molecular formula is C15H16F3N3O2. The Morgan fingerprint density at radius 2 is 1.87 bits per heavy atom. The molecule has 1 amide bonds. The van der Waals surface area contributed by atoms with Crippen LogP contribution in [0, 0.1) is 0 Å². The van der Waals surface area contributed by atoms with E-state index in [-0.39, 0.29) is 12.0 Å². The summed E-state index contributed by atoms with van der Waals surface area (Å²) in [4.78, 5) is 23.0. The maximum absolute atomic E-state index is 12.2. The maximum atomic E-state index is 12.2. The first-order valence-electron chi connectivity index (χ1n) is 6.91. The van der Waals surface area contributed by atoms with Gasteiger partial charge in [0.2, 0.25) is 0 Å². The van der Waals surface area contributed by atoms with Crippen molar-refractivity contribution < 1.29 is 18.0 Å². The minimum absolute atomic E-state index is 0.105. The van der Waals surface area contributed by atoms with Crippen molar-refractivity contribution in [3.63, 3.8) is 0 Å². The van der Waals surface area contributed by atoms with E-state index in [9.17, 15) is 22.8 Å². The van der Waals surface area contributed by atoms with Crippen LogP contribution in [0.2, 0.25) is 0 Å². The van der Waals surface area contributed by atoms with Gasteiger partial charge in [0.15, 0.2) is 0 Å². The summed E-state index contributed by atoms with van der Waals surface area (Å²) >= 11 is 0. The van der Waals surface area contributed by atoms with E-state index >= 15 is 0 Å². The largest absolute Gasteiger partial charge is 0.471 e. The Morgan fingerprint density at radius 1 is 1.26 bits per heavy atom. The molecule has 0 spiro atoms. The molecule has 1 aromatic heterocycles. The van der Waals surface area contributed by atoms with Gasteiger partial charge in [-0.1, -0.05) is 18.2 Å². The highest BCUT2D eigenvalue weighted by molar-refractivity contribution is 5.81. The number of hydrogen-bond donors (Lipinski definition) is 1. The standard InChI is InChI=1S/C15H16F3N3O2/c1-10(19-14(23)15(16,17)18)8-12-9-13(22)21(20(12)2)11-6-4-3-5-7-11/h3-7,9-10H,8H2,1-2H3,(H,19,23)/t10-/m0/s1. The molecule has 0 radical (unpaired) electrons. The monoisotopic (exact) mass is 327 g/mol. The number of nitrogens with one attached hydrogen (secondary N) is 1. The quantitative estimate of drug-likeness (QED) is 0.931. The summed E-state index contributed by atoms with van der Waals surface area (Å²) in [6.07, 6.45) is -4.82. The molecule has 0 fully saturated rings. The second kappa shape index (κ2) is 6.31. The van der Waals surface area contributed by atoms with Crippen LogP contribution in [0.5, 0.6) is 0 Å². The molecule has 0 saturated heterocycles. The van der Waals surface area contributed by atoms with Crippen molar-refractivity contribution in [1.82, 2.24) is 14.7 Å². The zero-order valence-electron chi connectivity index (χ0n) is 12.6. The van der Waals surface area contributed by atoms with Crippen molar-refractivity contribution in [3.8, 4) is 5.69 Å². The van der Waals surface area contributed by atoms with E-state index < -0.39 is 18.1 Å². The number of rotatable bonds is 4. The van der Waals surface area contributed by atoms with Gasteiger partial charge < -0.3 is 5.32 Å². The van der Waals surface area contributed by atoms with Gasteiger partial charge in [0, 0.05) is 31.3 Å². The van der Waals surface area contributed by atoms with Gasteiger partial charge in [-0.2, -0.15) is 13.2 Å². The first-order chi connectivity index (χ1) is 10.7. The highest BCUT2D eigenvalue weighted by atomic mass is 19.4. The Balaban J connectivity index is 2.20. The highest BCUT2D eigenvalue weighted by Gasteiger charge is 2.39. The van der Waals surface area contributed by atoms with Crippen molar-refractivity contribution in [2.24, 2.45) is 7.05 Å². The lowest BCUT2D eigenvalue weighted by Gasteiger charge is -2.16. The molecular weight excluding hydrogens is 311 g/mol. The molecule has 0 saturated carbocycles. The molecule has 5 nitrogen and oxygen atoms in total. The van der Waals surface area contributed by atoms with Gasteiger partial charge >= 0.3 is 12.1 Å². The van der Waals surface area contributed by atoms with Gasteiger partial charge in [0.1, 0.15) is 0 Å². The Labute approximate surface area is 130 Å². The van der Waals surface area contributed by atoms with E-state index in [1.165, 1.54) is 17.7 Å². The number of benzene rings is 1. The van der Waals surface area contributed by atoms with Gasteiger partial charge in [-0.15, -0.1) is 0 Å². The molecule has 8 heteroatoms. The Hall–Kier alpha value is -2.51. The van der Waals surface area contributed by atoms with Gasteiger partial charge in [0.25, 0.3) is 5.56 Å². The molecule has 0 unspecified atom stereocenters. The third kappa shape index (κ3) is 3.82. The van der Waals surface area contributed by atoms with E-state index in [2.05, 4.69) is 0 Å².